The first-order valence-electron chi connectivity index (χ1n) is 12.9. The van der Waals surface area contributed by atoms with E-state index in [9.17, 15) is 9.59 Å². The quantitative estimate of drug-likeness (QED) is 0.398. The summed E-state index contributed by atoms with van der Waals surface area (Å²) in [5, 5.41) is 0. The highest BCUT2D eigenvalue weighted by Crippen LogP contribution is 2.45. The number of hydrogen-bond donors (Lipinski definition) is 0. The van der Waals surface area contributed by atoms with Gasteiger partial charge in [0.1, 0.15) is 6.61 Å². The summed E-state index contributed by atoms with van der Waals surface area (Å²) in [5.74, 6) is 0.267. The first kappa shape index (κ1) is 22.1. The summed E-state index contributed by atoms with van der Waals surface area (Å²) in [6.07, 6.45) is 4.11. The number of nitrogens with zero attached hydrogens (tertiary/aromatic N) is 1. The fourth-order valence-corrected chi connectivity index (χ4v) is 6.50. The van der Waals surface area contributed by atoms with Crippen LogP contribution >= 0.6 is 0 Å². The van der Waals surface area contributed by atoms with Crippen LogP contribution in [0.2, 0.25) is 0 Å². The van der Waals surface area contributed by atoms with Gasteiger partial charge in [-0.05, 0) is 59.9 Å². The molecule has 0 radical (unpaired) electrons. The number of ketones is 1. The second-order valence-corrected chi connectivity index (χ2v) is 10.2. The van der Waals surface area contributed by atoms with Crippen molar-refractivity contribution in [2.75, 3.05) is 6.61 Å². The molecule has 0 aromatic heterocycles. The Morgan fingerprint density at radius 3 is 1.97 bits per heavy atom. The summed E-state index contributed by atoms with van der Waals surface area (Å²) in [6.45, 7) is 2.46. The van der Waals surface area contributed by atoms with Crippen molar-refractivity contribution in [2.24, 2.45) is 5.92 Å². The molecule has 2 aliphatic heterocycles. The van der Waals surface area contributed by atoms with Crippen molar-refractivity contribution in [3.63, 3.8) is 0 Å². The first-order valence-corrected chi connectivity index (χ1v) is 12.9. The molecule has 0 spiro atoms. The molecule has 4 nitrogen and oxygen atoms in total. The molecule has 35 heavy (non-hydrogen) atoms. The van der Waals surface area contributed by atoms with E-state index in [1.54, 1.807) is 0 Å². The lowest BCUT2D eigenvalue weighted by molar-refractivity contribution is 0.0506. The van der Waals surface area contributed by atoms with Crippen LogP contribution < -0.4 is 0 Å². The topological polar surface area (TPSA) is 46.6 Å². The minimum Gasteiger partial charge on any atom is -0.448 e. The van der Waals surface area contributed by atoms with Crippen molar-refractivity contribution in [1.82, 2.24) is 4.90 Å². The molecule has 2 bridgehead atoms. The number of ether oxygens (including phenoxy) is 1. The maximum Gasteiger partial charge on any atom is 0.410 e. The number of piperidine rings is 1. The standard InChI is InChI=1S/C31H31NO3/c1-2-20-11-13-21(14-12-20)30(33)22-17-23-15-16-24(18-22)32(23)31(34)35-19-29-27-9-5-3-7-25(27)26-8-4-6-10-28(26)29/h3-14,22-24,29H,2,15-19H2,1H3. The molecule has 178 valence electrons. The fourth-order valence-electron chi connectivity index (χ4n) is 6.50. The number of fused-ring (bicyclic) bond motifs is 5. The van der Waals surface area contributed by atoms with Crippen LogP contribution in [0.1, 0.15) is 65.6 Å². The molecule has 0 saturated carbocycles. The zero-order chi connectivity index (χ0) is 23.9. The molecule has 1 aliphatic carbocycles. The Labute approximate surface area is 206 Å². The summed E-state index contributed by atoms with van der Waals surface area (Å²) in [5.41, 5.74) is 6.95. The molecule has 2 saturated heterocycles. The molecule has 2 atom stereocenters. The number of carbonyl (C=O) groups excluding carboxylic acids is 2. The smallest absolute Gasteiger partial charge is 0.410 e. The average molecular weight is 466 g/mol. The molecule has 2 heterocycles. The lowest BCUT2D eigenvalue weighted by Crippen LogP contribution is -2.48. The molecule has 4 heteroatoms. The Morgan fingerprint density at radius 2 is 1.40 bits per heavy atom. The Balaban J connectivity index is 1.13. The van der Waals surface area contributed by atoms with Crippen LogP contribution in [0.15, 0.2) is 72.8 Å². The van der Waals surface area contributed by atoms with Gasteiger partial charge >= 0.3 is 6.09 Å². The predicted octanol–water partition coefficient (Wildman–Crippen LogP) is 6.62. The van der Waals surface area contributed by atoms with E-state index in [1.165, 1.54) is 27.8 Å². The molecule has 1 amide bonds. The van der Waals surface area contributed by atoms with Crippen molar-refractivity contribution in [3.8, 4) is 11.1 Å². The van der Waals surface area contributed by atoms with Gasteiger partial charge in [0.05, 0.1) is 0 Å². The van der Waals surface area contributed by atoms with Crippen LogP contribution in [0.3, 0.4) is 0 Å². The number of amides is 1. The lowest BCUT2D eigenvalue weighted by atomic mass is 9.84. The van der Waals surface area contributed by atoms with E-state index in [4.69, 9.17) is 4.74 Å². The van der Waals surface area contributed by atoms with Crippen LogP contribution in [0.25, 0.3) is 11.1 Å². The number of Topliss-reactive ketones (excluding diaryl/α,β-unsaturated/α-hetero) is 1. The van der Waals surface area contributed by atoms with Crippen LogP contribution in [-0.4, -0.2) is 35.5 Å². The maximum atomic E-state index is 13.3. The van der Waals surface area contributed by atoms with E-state index in [0.29, 0.717) is 6.61 Å². The summed E-state index contributed by atoms with van der Waals surface area (Å²) >= 11 is 0. The van der Waals surface area contributed by atoms with E-state index in [2.05, 4.69) is 55.5 Å². The highest BCUT2D eigenvalue weighted by molar-refractivity contribution is 5.98. The van der Waals surface area contributed by atoms with Gasteiger partial charge < -0.3 is 9.64 Å². The van der Waals surface area contributed by atoms with Crippen molar-refractivity contribution in [1.29, 1.82) is 0 Å². The van der Waals surface area contributed by atoms with Crippen molar-refractivity contribution < 1.29 is 14.3 Å². The highest BCUT2D eigenvalue weighted by Gasteiger charge is 2.46. The monoisotopic (exact) mass is 465 g/mol. The predicted molar refractivity (Wildman–Crippen MR) is 137 cm³/mol. The second-order valence-electron chi connectivity index (χ2n) is 10.2. The number of rotatable bonds is 5. The summed E-state index contributed by atoms with van der Waals surface area (Å²) < 4.78 is 5.97. The lowest BCUT2D eigenvalue weighted by Gasteiger charge is -2.37. The van der Waals surface area contributed by atoms with Crippen molar-refractivity contribution in [2.45, 2.75) is 57.0 Å². The number of carbonyl (C=O) groups is 2. The molecular weight excluding hydrogens is 434 g/mol. The maximum absolute atomic E-state index is 13.3. The number of benzene rings is 3. The zero-order valence-corrected chi connectivity index (χ0v) is 20.2. The molecule has 6 rings (SSSR count). The zero-order valence-electron chi connectivity index (χ0n) is 20.2. The van der Waals surface area contributed by atoms with Gasteiger partial charge in [0, 0.05) is 29.5 Å². The SMILES string of the molecule is CCc1ccc(C(=O)C2CC3CCC(C2)N3C(=O)OCC2c3ccccc3-c3ccccc32)cc1. The summed E-state index contributed by atoms with van der Waals surface area (Å²) in [7, 11) is 0. The summed E-state index contributed by atoms with van der Waals surface area (Å²) in [4.78, 5) is 28.4. The first-order chi connectivity index (χ1) is 17.1. The van der Waals surface area contributed by atoms with Gasteiger partial charge in [0.25, 0.3) is 0 Å². The van der Waals surface area contributed by atoms with E-state index in [0.717, 1.165) is 37.7 Å². The van der Waals surface area contributed by atoms with Crippen molar-refractivity contribution >= 4 is 11.9 Å². The van der Waals surface area contributed by atoms with E-state index >= 15 is 0 Å². The second kappa shape index (κ2) is 8.99. The van der Waals surface area contributed by atoms with Gasteiger partial charge in [-0.15, -0.1) is 0 Å². The molecule has 2 fully saturated rings. The largest absolute Gasteiger partial charge is 0.448 e. The number of hydrogen-bond acceptors (Lipinski definition) is 3. The minimum absolute atomic E-state index is 0.0161. The molecule has 3 aliphatic rings. The Bertz CT molecular complexity index is 1200. The Hall–Kier alpha value is -3.40. The Morgan fingerprint density at radius 1 is 0.829 bits per heavy atom. The third-order valence-corrected chi connectivity index (χ3v) is 8.30. The van der Waals surface area contributed by atoms with Gasteiger partial charge in [-0.2, -0.15) is 0 Å². The van der Waals surface area contributed by atoms with E-state index < -0.39 is 0 Å². The highest BCUT2D eigenvalue weighted by atomic mass is 16.6. The molecule has 3 aromatic rings. The van der Waals surface area contributed by atoms with Gasteiger partial charge in [0.15, 0.2) is 5.78 Å². The molecule has 0 N–H and O–H groups in total. The van der Waals surface area contributed by atoms with Crippen LogP contribution in [-0.2, 0) is 11.2 Å². The number of aryl methyl sites for hydroxylation is 1. The van der Waals surface area contributed by atoms with Gasteiger partial charge in [0.2, 0.25) is 0 Å². The fraction of sp³-hybridized carbons (Fsp3) is 0.355. The van der Waals surface area contributed by atoms with Crippen LogP contribution in [0.5, 0.6) is 0 Å². The molecule has 2 unspecified atom stereocenters. The van der Waals surface area contributed by atoms with Gasteiger partial charge in [-0.3, -0.25) is 4.79 Å². The third kappa shape index (κ3) is 3.85. The van der Waals surface area contributed by atoms with Gasteiger partial charge in [-0.1, -0.05) is 79.7 Å². The average Bonchev–Trinajstić information content (AvgIpc) is 3.37. The van der Waals surface area contributed by atoms with Crippen molar-refractivity contribution in [3.05, 3.63) is 95.1 Å². The van der Waals surface area contributed by atoms with E-state index in [1.807, 2.05) is 29.2 Å². The van der Waals surface area contributed by atoms with Gasteiger partial charge in [-0.25, -0.2) is 4.79 Å². The normalized spacial score (nSPS) is 22.5. The Kier molecular flexibility index (Phi) is 5.68. The minimum atomic E-state index is -0.224. The van der Waals surface area contributed by atoms with Crippen LogP contribution in [0.4, 0.5) is 4.79 Å². The third-order valence-electron chi connectivity index (χ3n) is 8.30. The van der Waals surface area contributed by atoms with Crippen LogP contribution in [0, 0.1) is 5.92 Å². The van der Waals surface area contributed by atoms with E-state index in [-0.39, 0.29) is 35.8 Å². The summed E-state index contributed by atoms with van der Waals surface area (Å²) in [6, 6.07) is 25.0. The molecule has 3 aromatic carbocycles. The molecular formula is C31H31NO3.